The van der Waals surface area contributed by atoms with Gasteiger partial charge in [0.1, 0.15) is 0 Å². The molecule has 0 saturated carbocycles. The van der Waals surface area contributed by atoms with E-state index < -0.39 is 34.9 Å². The second kappa shape index (κ2) is 8.41. The molecule has 0 saturated heterocycles. The molecule has 0 radical (unpaired) electrons. The molecule has 28 heavy (non-hydrogen) atoms. The van der Waals surface area contributed by atoms with Crippen molar-refractivity contribution in [3.8, 4) is 11.1 Å². The molecule has 2 rings (SSSR count). The van der Waals surface area contributed by atoms with E-state index in [4.69, 9.17) is 0 Å². The third-order valence-corrected chi connectivity index (χ3v) is 3.89. The maximum absolute atomic E-state index is 14.0. The quantitative estimate of drug-likeness (QED) is 0.503. The normalized spacial score (nSPS) is 11.8. The van der Waals surface area contributed by atoms with Crippen LogP contribution in [-0.4, -0.2) is 25.2 Å². The van der Waals surface area contributed by atoms with Crippen molar-refractivity contribution >= 4 is 11.9 Å². The zero-order valence-electron chi connectivity index (χ0n) is 15.2. The van der Waals surface area contributed by atoms with E-state index in [1.54, 1.807) is 0 Å². The summed E-state index contributed by atoms with van der Waals surface area (Å²) < 4.78 is 64.7. The minimum Gasteiger partial charge on any atom is -0.461 e. The van der Waals surface area contributed by atoms with Crippen LogP contribution in [0, 0.1) is 0 Å². The summed E-state index contributed by atoms with van der Waals surface area (Å²) >= 11 is 0. The second-order valence-corrected chi connectivity index (χ2v) is 5.74. The first-order valence-electron chi connectivity index (χ1n) is 8.46. The highest BCUT2D eigenvalue weighted by molar-refractivity contribution is 5.80. The van der Waals surface area contributed by atoms with Gasteiger partial charge in [0.05, 0.1) is 13.2 Å². The van der Waals surface area contributed by atoms with Gasteiger partial charge in [-0.2, -0.15) is 17.6 Å². The van der Waals surface area contributed by atoms with Gasteiger partial charge in [0.2, 0.25) is 0 Å². The van der Waals surface area contributed by atoms with Gasteiger partial charge in [-0.05, 0) is 25.0 Å². The van der Waals surface area contributed by atoms with Crippen molar-refractivity contribution in [1.82, 2.24) is 0 Å². The van der Waals surface area contributed by atoms with Gasteiger partial charge in [-0.3, -0.25) is 0 Å². The molecule has 0 unspecified atom stereocenters. The lowest BCUT2D eigenvalue weighted by Crippen LogP contribution is -2.28. The molecule has 4 nitrogen and oxygen atoms in total. The number of benzene rings is 2. The Morgan fingerprint density at radius 1 is 0.679 bits per heavy atom. The van der Waals surface area contributed by atoms with Gasteiger partial charge in [-0.25, -0.2) is 9.59 Å². The second-order valence-electron chi connectivity index (χ2n) is 5.74. The highest BCUT2D eigenvalue weighted by Crippen LogP contribution is 2.33. The van der Waals surface area contributed by atoms with Crippen LogP contribution < -0.4 is 0 Å². The Hall–Kier alpha value is -2.90. The number of ether oxygens (including phenoxy) is 2. The molecule has 0 heterocycles. The number of carbonyl (C=O) groups is 2. The van der Waals surface area contributed by atoms with Crippen molar-refractivity contribution in [3.63, 3.8) is 0 Å². The Bertz CT molecular complexity index is 759. The van der Waals surface area contributed by atoms with Gasteiger partial charge in [-0.1, -0.05) is 48.5 Å². The molecule has 2 aromatic carbocycles. The van der Waals surface area contributed by atoms with Gasteiger partial charge < -0.3 is 9.47 Å². The van der Waals surface area contributed by atoms with Crippen LogP contribution in [0.25, 0.3) is 11.1 Å². The summed E-state index contributed by atoms with van der Waals surface area (Å²) in [5, 5.41) is 0. The third kappa shape index (κ3) is 4.32. The average Bonchev–Trinajstić information content (AvgIpc) is 2.68. The first-order chi connectivity index (χ1) is 13.1. The fraction of sp³-hybridized carbons (Fsp3) is 0.300. The predicted molar refractivity (Wildman–Crippen MR) is 92.9 cm³/mol. The predicted octanol–water partition coefficient (Wildman–Crippen LogP) is 4.66. The fourth-order valence-electron chi connectivity index (χ4n) is 2.42. The summed E-state index contributed by atoms with van der Waals surface area (Å²) in [5.74, 6) is -10.9. The fourth-order valence-corrected chi connectivity index (χ4v) is 2.42. The van der Waals surface area contributed by atoms with E-state index in [0.29, 0.717) is 11.1 Å². The van der Waals surface area contributed by atoms with E-state index in [2.05, 4.69) is 9.47 Å². The maximum atomic E-state index is 14.0. The van der Waals surface area contributed by atoms with Crippen LogP contribution in [0.1, 0.15) is 25.0 Å². The lowest BCUT2D eigenvalue weighted by atomic mass is 9.99. The molecule has 2 aromatic rings. The molecule has 0 amide bonds. The molecule has 0 spiro atoms. The number of rotatable bonds is 7. The molecule has 0 aliphatic heterocycles. The molecule has 0 fully saturated rings. The number of carbonyl (C=O) groups excluding carboxylic acids is 2. The standard InChI is InChI=1S/C20H18F4O4/c1-3-27-17(25)19(21,22)15-9-5-13(6-10-15)14-7-11-16(12-8-14)20(23,24)18(26)28-4-2/h5-12H,3-4H2,1-2H3. The summed E-state index contributed by atoms with van der Waals surface area (Å²) in [7, 11) is 0. The van der Waals surface area contributed by atoms with Gasteiger partial charge in [0, 0.05) is 11.1 Å². The smallest absolute Gasteiger partial charge is 0.381 e. The number of hydrogen-bond acceptors (Lipinski definition) is 4. The summed E-state index contributed by atoms with van der Waals surface area (Å²) in [5.41, 5.74) is -0.149. The SMILES string of the molecule is CCOC(=O)C(F)(F)c1ccc(-c2ccc(C(F)(F)C(=O)OCC)cc2)cc1. The first-order valence-corrected chi connectivity index (χ1v) is 8.46. The molecule has 0 bridgehead atoms. The zero-order chi connectivity index (χ0) is 20.9. The van der Waals surface area contributed by atoms with E-state index in [1.807, 2.05) is 0 Å². The molecule has 150 valence electrons. The van der Waals surface area contributed by atoms with Gasteiger partial charge in [0.15, 0.2) is 0 Å². The van der Waals surface area contributed by atoms with Crippen molar-refractivity contribution in [2.45, 2.75) is 25.7 Å². The van der Waals surface area contributed by atoms with Crippen molar-refractivity contribution in [3.05, 3.63) is 59.7 Å². The van der Waals surface area contributed by atoms with Gasteiger partial charge in [0.25, 0.3) is 0 Å². The molecule has 0 aliphatic rings. The number of hydrogen-bond donors (Lipinski definition) is 0. The first kappa shape index (κ1) is 21.4. The molecular formula is C20H18F4O4. The van der Waals surface area contributed by atoms with E-state index in [1.165, 1.54) is 38.1 Å². The number of alkyl halides is 4. The molecule has 0 N–H and O–H groups in total. The Labute approximate surface area is 159 Å². The minimum atomic E-state index is -3.79. The van der Waals surface area contributed by atoms with E-state index in [-0.39, 0.29) is 13.2 Å². The van der Waals surface area contributed by atoms with Crippen LogP contribution in [0.4, 0.5) is 17.6 Å². The lowest BCUT2D eigenvalue weighted by Gasteiger charge is -2.16. The highest BCUT2D eigenvalue weighted by atomic mass is 19.3. The Kier molecular flexibility index (Phi) is 6.43. The Morgan fingerprint density at radius 3 is 1.21 bits per heavy atom. The lowest BCUT2D eigenvalue weighted by molar-refractivity contribution is -0.173. The Morgan fingerprint density at radius 2 is 0.964 bits per heavy atom. The summed E-state index contributed by atoms with van der Waals surface area (Å²) in [6, 6.07) is 9.59. The van der Waals surface area contributed by atoms with Crippen molar-refractivity contribution in [2.75, 3.05) is 13.2 Å². The maximum Gasteiger partial charge on any atom is 0.381 e. The topological polar surface area (TPSA) is 52.6 Å². The van der Waals surface area contributed by atoms with Crippen molar-refractivity contribution in [2.24, 2.45) is 0 Å². The molecular weight excluding hydrogens is 380 g/mol. The van der Waals surface area contributed by atoms with Crippen LogP contribution in [0.2, 0.25) is 0 Å². The van der Waals surface area contributed by atoms with Crippen LogP contribution in [0.5, 0.6) is 0 Å². The van der Waals surface area contributed by atoms with E-state index >= 15 is 0 Å². The Balaban J connectivity index is 2.23. The minimum absolute atomic E-state index is 0.171. The summed E-state index contributed by atoms with van der Waals surface area (Å²) in [6.45, 7) is 2.50. The summed E-state index contributed by atoms with van der Waals surface area (Å²) in [6.07, 6.45) is 0. The van der Waals surface area contributed by atoms with Crippen LogP contribution >= 0.6 is 0 Å². The van der Waals surface area contributed by atoms with Crippen LogP contribution in [0.15, 0.2) is 48.5 Å². The largest absolute Gasteiger partial charge is 0.461 e. The number of esters is 2. The molecule has 0 aromatic heterocycles. The monoisotopic (exact) mass is 398 g/mol. The summed E-state index contributed by atoms with van der Waals surface area (Å²) in [4.78, 5) is 22.7. The van der Waals surface area contributed by atoms with Gasteiger partial charge in [-0.15, -0.1) is 0 Å². The molecule has 0 atom stereocenters. The van der Waals surface area contributed by atoms with Gasteiger partial charge >= 0.3 is 23.8 Å². The van der Waals surface area contributed by atoms with E-state index in [0.717, 1.165) is 24.3 Å². The average molecular weight is 398 g/mol. The zero-order valence-corrected chi connectivity index (χ0v) is 15.2. The highest BCUT2D eigenvalue weighted by Gasteiger charge is 2.43. The van der Waals surface area contributed by atoms with E-state index in [9.17, 15) is 27.2 Å². The van der Waals surface area contributed by atoms with Crippen molar-refractivity contribution < 1.29 is 36.6 Å². The number of halogens is 4. The molecule has 0 aliphatic carbocycles. The molecule has 8 heteroatoms. The van der Waals surface area contributed by atoms with Crippen LogP contribution in [-0.2, 0) is 30.9 Å². The van der Waals surface area contributed by atoms with Crippen molar-refractivity contribution in [1.29, 1.82) is 0 Å². The van der Waals surface area contributed by atoms with Crippen LogP contribution in [0.3, 0.4) is 0 Å². The third-order valence-electron chi connectivity index (χ3n) is 3.89.